The van der Waals surface area contributed by atoms with Crippen LogP contribution in [-0.4, -0.2) is 36.1 Å². The van der Waals surface area contributed by atoms with E-state index < -0.39 is 0 Å². The van der Waals surface area contributed by atoms with E-state index in [-0.39, 0.29) is 0 Å². The van der Waals surface area contributed by atoms with Gasteiger partial charge in [0.15, 0.2) is 0 Å². The quantitative estimate of drug-likeness (QED) is 0.884. The fourth-order valence-electron chi connectivity index (χ4n) is 3.23. The first-order valence-corrected chi connectivity index (χ1v) is 8.19. The zero-order valence-electron chi connectivity index (χ0n) is 13.3. The smallest absolute Gasteiger partial charge is 0.00823 e. The lowest BCUT2D eigenvalue weighted by Gasteiger charge is -2.25. The molecular weight excluding hydrogens is 244 g/mol. The minimum Gasteiger partial charge on any atom is -0.311 e. The summed E-state index contributed by atoms with van der Waals surface area (Å²) in [6.07, 6.45) is 5.07. The topological polar surface area (TPSA) is 15.3 Å². The van der Waals surface area contributed by atoms with Gasteiger partial charge < -0.3 is 10.2 Å². The van der Waals surface area contributed by atoms with E-state index in [1.54, 1.807) is 0 Å². The van der Waals surface area contributed by atoms with Gasteiger partial charge in [0.05, 0.1) is 0 Å². The first-order chi connectivity index (χ1) is 9.65. The van der Waals surface area contributed by atoms with Crippen molar-refractivity contribution in [3.05, 3.63) is 35.9 Å². The van der Waals surface area contributed by atoms with Crippen molar-refractivity contribution in [1.29, 1.82) is 0 Å². The molecular formula is C18H30N2. The summed E-state index contributed by atoms with van der Waals surface area (Å²) in [7, 11) is 0. The maximum Gasteiger partial charge on any atom is 0.00823 e. The molecule has 0 aliphatic carbocycles. The molecule has 0 spiro atoms. The van der Waals surface area contributed by atoms with Crippen LogP contribution in [-0.2, 0) is 6.42 Å². The Hall–Kier alpha value is -0.860. The molecule has 1 aromatic rings. The van der Waals surface area contributed by atoms with E-state index in [0.29, 0.717) is 18.1 Å². The Morgan fingerprint density at radius 2 is 1.85 bits per heavy atom. The van der Waals surface area contributed by atoms with Crippen LogP contribution in [0.5, 0.6) is 0 Å². The molecule has 20 heavy (non-hydrogen) atoms. The summed E-state index contributed by atoms with van der Waals surface area (Å²) in [5.41, 5.74) is 1.44. The maximum absolute atomic E-state index is 3.84. The molecule has 112 valence electrons. The summed E-state index contributed by atoms with van der Waals surface area (Å²) in [5.74, 6) is 0. The number of likely N-dealkylation sites (tertiary alicyclic amines) is 1. The van der Waals surface area contributed by atoms with Gasteiger partial charge in [-0.05, 0) is 65.1 Å². The largest absolute Gasteiger partial charge is 0.311 e. The monoisotopic (exact) mass is 274 g/mol. The van der Waals surface area contributed by atoms with Gasteiger partial charge in [-0.15, -0.1) is 0 Å². The molecule has 1 aromatic carbocycles. The van der Waals surface area contributed by atoms with Gasteiger partial charge in [-0.1, -0.05) is 30.3 Å². The van der Waals surface area contributed by atoms with Crippen molar-refractivity contribution < 1.29 is 0 Å². The molecule has 1 saturated heterocycles. The van der Waals surface area contributed by atoms with E-state index in [9.17, 15) is 0 Å². The Kier molecular flexibility index (Phi) is 6.06. The SMILES string of the molecule is CC(Cc1ccccc1)NC1CCCN(C(C)C)CC1. The van der Waals surface area contributed by atoms with Crippen molar-refractivity contribution in [2.24, 2.45) is 0 Å². The Balaban J connectivity index is 1.78. The third kappa shape index (κ3) is 4.92. The van der Waals surface area contributed by atoms with Crippen LogP contribution in [0.15, 0.2) is 30.3 Å². The van der Waals surface area contributed by atoms with Gasteiger partial charge >= 0.3 is 0 Å². The normalized spacial score (nSPS) is 22.7. The fourth-order valence-corrected chi connectivity index (χ4v) is 3.23. The van der Waals surface area contributed by atoms with Gasteiger partial charge in [-0.3, -0.25) is 0 Å². The highest BCUT2D eigenvalue weighted by molar-refractivity contribution is 5.15. The molecule has 2 nitrogen and oxygen atoms in total. The summed E-state index contributed by atoms with van der Waals surface area (Å²) in [5, 5.41) is 3.84. The van der Waals surface area contributed by atoms with Crippen molar-refractivity contribution in [2.45, 2.75) is 64.6 Å². The van der Waals surface area contributed by atoms with E-state index in [1.807, 2.05) is 0 Å². The summed E-state index contributed by atoms with van der Waals surface area (Å²) in [6.45, 7) is 9.45. The van der Waals surface area contributed by atoms with E-state index >= 15 is 0 Å². The average Bonchev–Trinajstić information content (AvgIpc) is 2.65. The minimum absolute atomic E-state index is 0.563. The highest BCUT2D eigenvalue weighted by atomic mass is 15.1. The van der Waals surface area contributed by atoms with Crippen LogP contribution in [0.3, 0.4) is 0 Å². The third-order valence-corrected chi connectivity index (χ3v) is 4.40. The van der Waals surface area contributed by atoms with Gasteiger partial charge in [-0.25, -0.2) is 0 Å². The Morgan fingerprint density at radius 3 is 2.55 bits per heavy atom. The molecule has 0 saturated carbocycles. The van der Waals surface area contributed by atoms with Gasteiger partial charge in [0.25, 0.3) is 0 Å². The molecule has 1 heterocycles. The molecule has 2 unspecified atom stereocenters. The predicted molar refractivity (Wildman–Crippen MR) is 87.1 cm³/mol. The Labute approximate surface area is 124 Å². The van der Waals surface area contributed by atoms with Crippen LogP contribution in [0.25, 0.3) is 0 Å². The molecule has 1 aliphatic heterocycles. The molecule has 2 heteroatoms. The van der Waals surface area contributed by atoms with Crippen molar-refractivity contribution in [1.82, 2.24) is 10.2 Å². The van der Waals surface area contributed by atoms with Crippen LogP contribution in [0.2, 0.25) is 0 Å². The molecule has 1 fully saturated rings. The predicted octanol–water partition coefficient (Wildman–Crippen LogP) is 3.47. The van der Waals surface area contributed by atoms with Crippen LogP contribution in [0.4, 0.5) is 0 Å². The summed E-state index contributed by atoms with van der Waals surface area (Å²) >= 11 is 0. The zero-order valence-corrected chi connectivity index (χ0v) is 13.3. The van der Waals surface area contributed by atoms with Crippen molar-refractivity contribution in [3.63, 3.8) is 0 Å². The second-order valence-corrected chi connectivity index (χ2v) is 6.51. The van der Waals surface area contributed by atoms with Crippen molar-refractivity contribution >= 4 is 0 Å². The molecule has 2 rings (SSSR count). The second kappa shape index (κ2) is 7.80. The summed E-state index contributed by atoms with van der Waals surface area (Å²) < 4.78 is 0. The lowest BCUT2D eigenvalue weighted by Crippen LogP contribution is -2.39. The summed E-state index contributed by atoms with van der Waals surface area (Å²) in [4.78, 5) is 2.61. The lowest BCUT2D eigenvalue weighted by molar-refractivity contribution is 0.228. The molecule has 1 aliphatic rings. The van der Waals surface area contributed by atoms with Crippen LogP contribution < -0.4 is 5.32 Å². The summed E-state index contributed by atoms with van der Waals surface area (Å²) in [6, 6.07) is 12.8. The maximum atomic E-state index is 3.84. The number of nitrogens with one attached hydrogen (secondary N) is 1. The molecule has 0 amide bonds. The number of rotatable bonds is 5. The number of benzene rings is 1. The lowest BCUT2D eigenvalue weighted by atomic mass is 10.0. The molecule has 0 radical (unpaired) electrons. The number of nitrogens with zero attached hydrogens (tertiary/aromatic N) is 1. The first-order valence-electron chi connectivity index (χ1n) is 8.19. The molecule has 0 aromatic heterocycles. The zero-order chi connectivity index (χ0) is 14.4. The number of hydrogen-bond donors (Lipinski definition) is 1. The van der Waals surface area contributed by atoms with Crippen LogP contribution in [0, 0.1) is 0 Å². The van der Waals surface area contributed by atoms with Crippen LogP contribution >= 0.6 is 0 Å². The van der Waals surface area contributed by atoms with Gasteiger partial charge in [-0.2, -0.15) is 0 Å². The average molecular weight is 274 g/mol. The number of hydrogen-bond acceptors (Lipinski definition) is 2. The first kappa shape index (κ1) is 15.5. The molecule has 0 bridgehead atoms. The third-order valence-electron chi connectivity index (χ3n) is 4.40. The van der Waals surface area contributed by atoms with E-state index in [4.69, 9.17) is 0 Å². The van der Waals surface area contributed by atoms with Crippen molar-refractivity contribution in [3.8, 4) is 0 Å². The molecule has 1 N–H and O–H groups in total. The van der Waals surface area contributed by atoms with E-state index in [0.717, 1.165) is 6.42 Å². The standard InChI is InChI=1S/C18H30N2/c1-15(2)20-12-7-10-18(11-13-20)19-16(3)14-17-8-5-4-6-9-17/h4-6,8-9,15-16,18-19H,7,10-14H2,1-3H3. The Bertz CT molecular complexity index is 374. The Morgan fingerprint density at radius 1 is 1.10 bits per heavy atom. The highest BCUT2D eigenvalue weighted by Crippen LogP contribution is 2.14. The fraction of sp³-hybridized carbons (Fsp3) is 0.667. The molecule has 2 atom stereocenters. The van der Waals surface area contributed by atoms with Gasteiger partial charge in [0.1, 0.15) is 0 Å². The van der Waals surface area contributed by atoms with Crippen molar-refractivity contribution in [2.75, 3.05) is 13.1 Å². The van der Waals surface area contributed by atoms with Gasteiger partial charge in [0, 0.05) is 18.1 Å². The highest BCUT2D eigenvalue weighted by Gasteiger charge is 2.19. The van der Waals surface area contributed by atoms with Gasteiger partial charge in [0.2, 0.25) is 0 Å². The second-order valence-electron chi connectivity index (χ2n) is 6.51. The van der Waals surface area contributed by atoms with E-state index in [2.05, 4.69) is 61.3 Å². The van der Waals surface area contributed by atoms with E-state index in [1.165, 1.54) is 37.9 Å². The van der Waals surface area contributed by atoms with Crippen LogP contribution in [0.1, 0.15) is 45.6 Å². The minimum atomic E-state index is 0.563.